The van der Waals surface area contributed by atoms with Gasteiger partial charge in [-0.1, -0.05) is 26.8 Å². The standard InChI is InChI=1S/C13H20N2O2/c1-9-10(8-17-5)6-7-11(14-9)15-12(16)13(2,3)4/h6-7H,8H2,1-5H3,(H,14,15,16). The molecule has 0 aliphatic carbocycles. The maximum atomic E-state index is 11.8. The lowest BCUT2D eigenvalue weighted by molar-refractivity contribution is -0.123. The van der Waals surface area contributed by atoms with Crippen LogP contribution in [0.2, 0.25) is 0 Å². The van der Waals surface area contributed by atoms with E-state index in [1.807, 2.05) is 33.8 Å². The van der Waals surface area contributed by atoms with Gasteiger partial charge in [-0.15, -0.1) is 0 Å². The van der Waals surface area contributed by atoms with Crippen molar-refractivity contribution < 1.29 is 9.53 Å². The molecule has 4 nitrogen and oxygen atoms in total. The molecule has 0 saturated carbocycles. The number of aryl methyl sites for hydroxylation is 1. The molecule has 0 radical (unpaired) electrons. The average Bonchev–Trinajstić information content (AvgIpc) is 2.21. The minimum atomic E-state index is -0.416. The molecule has 1 aromatic rings. The first kappa shape index (κ1) is 13.6. The van der Waals surface area contributed by atoms with Gasteiger partial charge < -0.3 is 10.1 Å². The second-order valence-electron chi connectivity index (χ2n) is 5.08. The number of rotatable bonds is 3. The van der Waals surface area contributed by atoms with Gasteiger partial charge in [-0.25, -0.2) is 4.98 Å². The van der Waals surface area contributed by atoms with Crippen molar-refractivity contribution in [3.8, 4) is 0 Å². The van der Waals surface area contributed by atoms with Crippen molar-refractivity contribution in [2.45, 2.75) is 34.3 Å². The zero-order valence-electron chi connectivity index (χ0n) is 11.1. The van der Waals surface area contributed by atoms with Gasteiger partial charge >= 0.3 is 0 Å². The van der Waals surface area contributed by atoms with E-state index in [4.69, 9.17) is 4.74 Å². The van der Waals surface area contributed by atoms with Gasteiger partial charge in [-0.05, 0) is 18.6 Å². The van der Waals surface area contributed by atoms with Crippen LogP contribution in [0.5, 0.6) is 0 Å². The zero-order chi connectivity index (χ0) is 13.1. The smallest absolute Gasteiger partial charge is 0.230 e. The molecule has 1 aromatic heterocycles. The first-order chi connectivity index (χ1) is 7.84. The summed E-state index contributed by atoms with van der Waals surface area (Å²) in [7, 11) is 1.65. The molecule has 0 atom stereocenters. The number of amides is 1. The Morgan fingerprint density at radius 2 is 2.06 bits per heavy atom. The van der Waals surface area contributed by atoms with E-state index in [2.05, 4.69) is 10.3 Å². The number of aromatic nitrogens is 1. The third kappa shape index (κ3) is 3.82. The normalized spacial score (nSPS) is 11.4. The monoisotopic (exact) mass is 236 g/mol. The van der Waals surface area contributed by atoms with Gasteiger partial charge in [-0.2, -0.15) is 0 Å². The van der Waals surface area contributed by atoms with Crippen LogP contribution < -0.4 is 5.32 Å². The van der Waals surface area contributed by atoms with Crippen molar-refractivity contribution in [2.24, 2.45) is 5.41 Å². The van der Waals surface area contributed by atoms with E-state index in [0.29, 0.717) is 12.4 Å². The lowest BCUT2D eigenvalue weighted by Crippen LogP contribution is -2.28. The number of hydrogen-bond donors (Lipinski definition) is 1. The van der Waals surface area contributed by atoms with Gasteiger partial charge in [-0.3, -0.25) is 4.79 Å². The summed E-state index contributed by atoms with van der Waals surface area (Å²) in [4.78, 5) is 16.1. The molecule has 4 heteroatoms. The topological polar surface area (TPSA) is 51.2 Å². The van der Waals surface area contributed by atoms with Crippen LogP contribution in [0.25, 0.3) is 0 Å². The SMILES string of the molecule is COCc1ccc(NC(=O)C(C)(C)C)nc1C. The van der Waals surface area contributed by atoms with Gasteiger partial charge in [0.25, 0.3) is 0 Å². The van der Waals surface area contributed by atoms with E-state index < -0.39 is 5.41 Å². The van der Waals surface area contributed by atoms with Crippen LogP contribution >= 0.6 is 0 Å². The number of hydrogen-bond acceptors (Lipinski definition) is 3. The summed E-state index contributed by atoms with van der Waals surface area (Å²) in [6.45, 7) is 8.05. The second kappa shape index (κ2) is 5.27. The minimum Gasteiger partial charge on any atom is -0.380 e. The summed E-state index contributed by atoms with van der Waals surface area (Å²) < 4.78 is 5.06. The molecule has 17 heavy (non-hydrogen) atoms. The van der Waals surface area contributed by atoms with Crippen molar-refractivity contribution in [1.29, 1.82) is 0 Å². The Labute approximate surface area is 102 Å². The quantitative estimate of drug-likeness (QED) is 0.877. The molecular formula is C13H20N2O2. The van der Waals surface area contributed by atoms with Gasteiger partial charge in [0.05, 0.1) is 6.61 Å². The molecule has 0 unspecified atom stereocenters. The summed E-state index contributed by atoms with van der Waals surface area (Å²) in [5, 5.41) is 2.80. The Morgan fingerprint density at radius 1 is 1.41 bits per heavy atom. The van der Waals surface area contributed by atoms with Crippen molar-refractivity contribution >= 4 is 11.7 Å². The molecule has 0 aromatic carbocycles. The molecule has 1 rings (SSSR count). The first-order valence-corrected chi connectivity index (χ1v) is 5.61. The molecule has 0 bridgehead atoms. The molecule has 1 N–H and O–H groups in total. The first-order valence-electron chi connectivity index (χ1n) is 5.61. The molecule has 94 valence electrons. The lowest BCUT2D eigenvalue weighted by atomic mass is 9.96. The van der Waals surface area contributed by atoms with Gasteiger partial charge in [0.15, 0.2) is 0 Å². The number of carbonyl (C=O) groups excluding carboxylic acids is 1. The zero-order valence-corrected chi connectivity index (χ0v) is 11.1. The number of carbonyl (C=O) groups is 1. The molecule has 0 saturated heterocycles. The maximum absolute atomic E-state index is 11.8. The van der Waals surface area contributed by atoms with Gasteiger partial charge in [0.2, 0.25) is 5.91 Å². The van der Waals surface area contributed by atoms with Gasteiger partial charge in [0, 0.05) is 18.2 Å². The molecule has 0 fully saturated rings. The van der Waals surface area contributed by atoms with Crippen molar-refractivity contribution in [3.05, 3.63) is 23.4 Å². The number of pyridine rings is 1. The number of anilines is 1. The summed E-state index contributed by atoms with van der Waals surface area (Å²) in [6.07, 6.45) is 0. The third-order valence-corrected chi connectivity index (χ3v) is 2.42. The predicted octanol–water partition coefficient (Wildman–Crippen LogP) is 2.52. The fourth-order valence-corrected chi connectivity index (χ4v) is 1.27. The molecule has 1 amide bonds. The fourth-order valence-electron chi connectivity index (χ4n) is 1.27. The highest BCUT2D eigenvalue weighted by atomic mass is 16.5. The average molecular weight is 236 g/mol. The summed E-state index contributed by atoms with van der Waals surface area (Å²) in [6, 6.07) is 3.72. The molecule has 1 heterocycles. The Balaban J connectivity index is 2.81. The largest absolute Gasteiger partial charge is 0.380 e. The summed E-state index contributed by atoms with van der Waals surface area (Å²) in [5.74, 6) is 0.547. The Morgan fingerprint density at radius 3 is 2.53 bits per heavy atom. The highest BCUT2D eigenvalue weighted by Gasteiger charge is 2.21. The summed E-state index contributed by atoms with van der Waals surface area (Å²) >= 11 is 0. The highest BCUT2D eigenvalue weighted by molar-refractivity contribution is 5.93. The second-order valence-corrected chi connectivity index (χ2v) is 5.08. The third-order valence-electron chi connectivity index (χ3n) is 2.42. The van der Waals surface area contributed by atoms with Crippen LogP contribution in [0.1, 0.15) is 32.0 Å². The van der Waals surface area contributed by atoms with Crippen molar-refractivity contribution in [1.82, 2.24) is 4.98 Å². The Hall–Kier alpha value is -1.42. The van der Waals surface area contributed by atoms with E-state index in [9.17, 15) is 4.79 Å². The van der Waals surface area contributed by atoms with E-state index in [1.54, 1.807) is 13.2 Å². The van der Waals surface area contributed by atoms with Gasteiger partial charge in [0.1, 0.15) is 5.82 Å². The van der Waals surface area contributed by atoms with Crippen molar-refractivity contribution in [2.75, 3.05) is 12.4 Å². The van der Waals surface area contributed by atoms with Crippen LogP contribution in [-0.4, -0.2) is 18.0 Å². The molecular weight excluding hydrogens is 216 g/mol. The molecule has 0 aliphatic rings. The molecule has 0 aliphatic heterocycles. The predicted molar refractivity (Wildman–Crippen MR) is 67.8 cm³/mol. The number of methoxy groups -OCH3 is 1. The minimum absolute atomic E-state index is 0.0381. The van der Waals surface area contributed by atoms with E-state index in [1.165, 1.54) is 0 Å². The van der Waals surface area contributed by atoms with Crippen LogP contribution in [0, 0.1) is 12.3 Å². The number of ether oxygens (including phenoxy) is 1. The van der Waals surface area contributed by atoms with Crippen molar-refractivity contribution in [3.63, 3.8) is 0 Å². The molecule has 0 spiro atoms. The van der Waals surface area contributed by atoms with E-state index in [0.717, 1.165) is 11.3 Å². The van der Waals surface area contributed by atoms with Crippen LogP contribution in [-0.2, 0) is 16.1 Å². The Kier molecular flexibility index (Phi) is 4.23. The summed E-state index contributed by atoms with van der Waals surface area (Å²) in [5.41, 5.74) is 1.49. The van der Waals surface area contributed by atoms with E-state index >= 15 is 0 Å². The fraction of sp³-hybridized carbons (Fsp3) is 0.538. The van der Waals surface area contributed by atoms with Crippen LogP contribution in [0.15, 0.2) is 12.1 Å². The number of nitrogens with one attached hydrogen (secondary N) is 1. The highest BCUT2D eigenvalue weighted by Crippen LogP contribution is 2.17. The van der Waals surface area contributed by atoms with Crippen LogP contribution in [0.3, 0.4) is 0 Å². The lowest BCUT2D eigenvalue weighted by Gasteiger charge is -2.17. The van der Waals surface area contributed by atoms with E-state index in [-0.39, 0.29) is 5.91 Å². The number of nitrogens with zero attached hydrogens (tertiary/aromatic N) is 1. The Bertz CT molecular complexity index is 408. The maximum Gasteiger partial charge on any atom is 0.230 e. The van der Waals surface area contributed by atoms with Crippen LogP contribution in [0.4, 0.5) is 5.82 Å².